The lowest BCUT2D eigenvalue weighted by atomic mass is 10.1. The molecule has 0 bridgehead atoms. The van der Waals surface area contributed by atoms with Crippen LogP contribution in [0.25, 0.3) is 10.2 Å². The summed E-state index contributed by atoms with van der Waals surface area (Å²) >= 11 is 2.84. The quantitative estimate of drug-likeness (QED) is 0.412. The maximum absolute atomic E-state index is 12.7. The van der Waals surface area contributed by atoms with Crippen LogP contribution in [0.5, 0.6) is 0 Å². The molecular weight excluding hydrogens is 354 g/mol. The normalized spacial score (nSPS) is 11.2. The zero-order valence-electron chi connectivity index (χ0n) is 15.0. The molecule has 1 N–H and O–H groups in total. The maximum Gasteiger partial charge on any atom is 0.263 e. The number of thioether (sulfide) groups is 1. The molecule has 0 aliphatic rings. The Hall–Kier alpha value is -1.60. The van der Waals surface area contributed by atoms with Gasteiger partial charge in [-0.05, 0) is 24.8 Å². The Morgan fingerprint density at radius 3 is 2.92 bits per heavy atom. The van der Waals surface area contributed by atoms with Gasteiger partial charge in [0.25, 0.3) is 5.56 Å². The Balaban J connectivity index is 2.18. The predicted molar refractivity (Wildman–Crippen MR) is 107 cm³/mol. The molecule has 7 heteroatoms. The van der Waals surface area contributed by atoms with Crippen molar-refractivity contribution in [2.75, 3.05) is 12.3 Å². The number of carbonyl (C=O) groups is 1. The van der Waals surface area contributed by atoms with Crippen LogP contribution in [0.4, 0.5) is 0 Å². The molecule has 0 radical (unpaired) electrons. The van der Waals surface area contributed by atoms with E-state index in [1.807, 2.05) is 6.07 Å². The molecule has 2 aromatic heterocycles. The molecule has 0 fully saturated rings. The first-order valence-corrected chi connectivity index (χ1v) is 10.3. The van der Waals surface area contributed by atoms with Gasteiger partial charge in [-0.3, -0.25) is 14.2 Å². The number of hydrogen-bond donors (Lipinski definition) is 1. The van der Waals surface area contributed by atoms with E-state index in [0.717, 1.165) is 22.5 Å². The van der Waals surface area contributed by atoms with Gasteiger partial charge in [-0.1, -0.05) is 38.6 Å². The van der Waals surface area contributed by atoms with Crippen molar-refractivity contribution in [3.63, 3.8) is 0 Å². The molecule has 0 spiro atoms. The number of carbonyl (C=O) groups excluding carboxylic acids is 1. The number of fused-ring (bicyclic) bond motifs is 1. The van der Waals surface area contributed by atoms with E-state index in [2.05, 4.69) is 37.7 Å². The van der Waals surface area contributed by atoms with Gasteiger partial charge in [-0.25, -0.2) is 4.98 Å². The van der Waals surface area contributed by atoms with Gasteiger partial charge in [0, 0.05) is 18.0 Å². The lowest BCUT2D eigenvalue weighted by Crippen LogP contribution is -2.28. The third-order valence-corrected chi connectivity index (χ3v) is 5.85. The van der Waals surface area contributed by atoms with E-state index in [9.17, 15) is 9.59 Å². The van der Waals surface area contributed by atoms with Gasteiger partial charge in [-0.2, -0.15) is 0 Å². The summed E-state index contributed by atoms with van der Waals surface area (Å²) < 4.78 is 1.59. The van der Waals surface area contributed by atoms with Crippen molar-refractivity contribution in [3.8, 4) is 0 Å². The van der Waals surface area contributed by atoms with Crippen LogP contribution in [0, 0.1) is 5.92 Å². The van der Waals surface area contributed by atoms with Crippen LogP contribution in [-0.2, 0) is 17.8 Å². The van der Waals surface area contributed by atoms with E-state index in [1.165, 1.54) is 23.1 Å². The fourth-order valence-corrected chi connectivity index (χ4v) is 4.15. The maximum atomic E-state index is 12.7. The summed E-state index contributed by atoms with van der Waals surface area (Å²) in [7, 11) is 0. The van der Waals surface area contributed by atoms with Crippen LogP contribution in [0.2, 0.25) is 0 Å². The summed E-state index contributed by atoms with van der Waals surface area (Å²) in [5.74, 6) is 0.770. The summed E-state index contributed by atoms with van der Waals surface area (Å²) in [6.07, 6.45) is 3.51. The van der Waals surface area contributed by atoms with E-state index in [0.29, 0.717) is 29.6 Å². The number of aryl methyl sites for hydroxylation is 1. The van der Waals surface area contributed by atoms with Crippen LogP contribution < -0.4 is 10.9 Å². The van der Waals surface area contributed by atoms with Crippen LogP contribution in [0.1, 0.15) is 32.1 Å². The standard InChI is InChI=1S/C18H25N3O2S2/c1-5-9-21-17(23)14-10-13(6-2)25-16(14)20-18(21)24-11-15(22)19-8-7-12(3)4/h5,10,12H,1,6-9,11H2,2-4H3,(H,19,22). The summed E-state index contributed by atoms with van der Waals surface area (Å²) in [5, 5.41) is 4.13. The molecule has 0 aliphatic carbocycles. The van der Waals surface area contributed by atoms with Crippen LogP contribution in [0.3, 0.4) is 0 Å². The molecule has 5 nitrogen and oxygen atoms in total. The number of allylic oxidation sites excluding steroid dienone is 1. The average Bonchev–Trinajstić information content (AvgIpc) is 2.99. The predicted octanol–water partition coefficient (Wildman–Crippen LogP) is 3.46. The SMILES string of the molecule is C=CCn1c(SCC(=O)NCCC(C)C)nc2sc(CC)cc2c1=O. The van der Waals surface area contributed by atoms with E-state index in [1.54, 1.807) is 10.6 Å². The molecule has 0 atom stereocenters. The fourth-order valence-electron chi connectivity index (χ4n) is 2.30. The lowest BCUT2D eigenvalue weighted by Gasteiger charge is -2.10. The molecular formula is C18H25N3O2S2. The molecule has 25 heavy (non-hydrogen) atoms. The first-order valence-electron chi connectivity index (χ1n) is 8.49. The lowest BCUT2D eigenvalue weighted by molar-refractivity contribution is -0.118. The number of nitrogens with one attached hydrogen (secondary N) is 1. The van der Waals surface area contributed by atoms with Crippen LogP contribution in [0.15, 0.2) is 28.7 Å². The Labute approximate surface area is 156 Å². The highest BCUT2D eigenvalue weighted by atomic mass is 32.2. The zero-order valence-corrected chi connectivity index (χ0v) is 16.6. The largest absolute Gasteiger partial charge is 0.355 e. The minimum atomic E-state index is -0.0661. The van der Waals surface area contributed by atoms with Gasteiger partial charge >= 0.3 is 0 Å². The molecule has 0 aliphatic heterocycles. The number of amides is 1. The third kappa shape index (κ3) is 5.19. The Kier molecular flexibility index (Phi) is 7.25. The molecule has 0 saturated carbocycles. The third-order valence-electron chi connectivity index (χ3n) is 3.70. The van der Waals surface area contributed by atoms with Crippen molar-refractivity contribution in [1.82, 2.24) is 14.9 Å². The zero-order chi connectivity index (χ0) is 18.4. The van der Waals surface area contributed by atoms with Crippen molar-refractivity contribution in [1.29, 1.82) is 0 Å². The molecule has 0 aromatic carbocycles. The fraction of sp³-hybridized carbons (Fsp3) is 0.500. The minimum Gasteiger partial charge on any atom is -0.355 e. The molecule has 1 amide bonds. The summed E-state index contributed by atoms with van der Waals surface area (Å²) in [6.45, 7) is 11.1. The van der Waals surface area contributed by atoms with Gasteiger partial charge < -0.3 is 5.32 Å². The molecule has 2 rings (SSSR count). The molecule has 0 saturated heterocycles. The Bertz CT molecular complexity index is 808. The molecule has 136 valence electrons. The topological polar surface area (TPSA) is 64.0 Å². The smallest absolute Gasteiger partial charge is 0.263 e. The number of hydrogen-bond acceptors (Lipinski definition) is 5. The second kappa shape index (κ2) is 9.20. The van der Waals surface area contributed by atoms with Crippen molar-refractivity contribution >= 4 is 39.2 Å². The van der Waals surface area contributed by atoms with Crippen molar-refractivity contribution in [2.45, 2.75) is 45.3 Å². The van der Waals surface area contributed by atoms with E-state index in [4.69, 9.17) is 0 Å². The second-order valence-corrected chi connectivity index (χ2v) is 8.26. The van der Waals surface area contributed by atoms with Gasteiger partial charge in [0.05, 0.1) is 11.1 Å². The van der Waals surface area contributed by atoms with Gasteiger partial charge in [0.2, 0.25) is 5.91 Å². The molecule has 2 aromatic rings. The van der Waals surface area contributed by atoms with Crippen molar-refractivity contribution in [2.24, 2.45) is 5.92 Å². The highest BCUT2D eigenvalue weighted by molar-refractivity contribution is 7.99. The Morgan fingerprint density at radius 2 is 2.28 bits per heavy atom. The first-order chi connectivity index (χ1) is 12.0. The summed E-state index contributed by atoms with van der Waals surface area (Å²) in [6, 6.07) is 1.92. The minimum absolute atomic E-state index is 0.0365. The number of rotatable bonds is 9. The van der Waals surface area contributed by atoms with Crippen LogP contribution >= 0.6 is 23.1 Å². The van der Waals surface area contributed by atoms with E-state index >= 15 is 0 Å². The number of aromatic nitrogens is 2. The Morgan fingerprint density at radius 1 is 1.52 bits per heavy atom. The van der Waals surface area contributed by atoms with Crippen molar-refractivity contribution in [3.05, 3.63) is 34.0 Å². The molecule has 0 unspecified atom stereocenters. The monoisotopic (exact) mass is 379 g/mol. The van der Waals surface area contributed by atoms with Crippen molar-refractivity contribution < 1.29 is 4.79 Å². The summed E-state index contributed by atoms with van der Waals surface area (Å²) in [4.78, 5) is 31.2. The number of nitrogens with zero attached hydrogens (tertiary/aromatic N) is 2. The summed E-state index contributed by atoms with van der Waals surface area (Å²) in [5.41, 5.74) is -0.0661. The van der Waals surface area contributed by atoms with Gasteiger partial charge in [-0.15, -0.1) is 17.9 Å². The van der Waals surface area contributed by atoms with E-state index < -0.39 is 0 Å². The average molecular weight is 380 g/mol. The van der Waals surface area contributed by atoms with Gasteiger partial charge in [0.15, 0.2) is 5.16 Å². The second-order valence-electron chi connectivity index (χ2n) is 6.21. The number of thiophene rings is 1. The van der Waals surface area contributed by atoms with Crippen LogP contribution in [-0.4, -0.2) is 27.8 Å². The highest BCUT2D eigenvalue weighted by Crippen LogP contribution is 2.25. The first kappa shape index (κ1) is 19.7. The van der Waals surface area contributed by atoms with E-state index in [-0.39, 0.29) is 17.2 Å². The van der Waals surface area contributed by atoms with Gasteiger partial charge in [0.1, 0.15) is 4.83 Å². The molecule has 2 heterocycles. The highest BCUT2D eigenvalue weighted by Gasteiger charge is 2.14.